The number of aromatic nitrogens is 2. The number of aromatic amines is 1. The predicted molar refractivity (Wildman–Crippen MR) is 54.9 cm³/mol. The van der Waals surface area contributed by atoms with Gasteiger partial charge in [-0.2, -0.15) is 4.39 Å². The fraction of sp³-hybridized carbons (Fsp3) is 0.0909. The summed E-state index contributed by atoms with van der Waals surface area (Å²) in [6, 6.07) is 3.03. The zero-order valence-corrected chi connectivity index (χ0v) is 8.72. The highest BCUT2D eigenvalue weighted by Gasteiger charge is 2.10. The van der Waals surface area contributed by atoms with Crippen LogP contribution in [0, 0.1) is 24.4 Å². The summed E-state index contributed by atoms with van der Waals surface area (Å²) < 4.78 is 38.7. The molecule has 0 atom stereocenters. The van der Waals surface area contributed by atoms with Crippen LogP contribution in [0.25, 0.3) is 11.4 Å². The molecule has 0 aliphatic carbocycles. The van der Waals surface area contributed by atoms with Gasteiger partial charge in [0.25, 0.3) is 5.56 Å². The number of rotatable bonds is 1. The number of aryl methyl sites for hydroxylation is 1. The molecule has 0 fully saturated rings. The first-order chi connectivity index (χ1) is 7.99. The third-order valence-electron chi connectivity index (χ3n) is 2.22. The maximum absolute atomic E-state index is 13.0. The van der Waals surface area contributed by atoms with Crippen molar-refractivity contribution in [2.24, 2.45) is 0 Å². The fourth-order valence-electron chi connectivity index (χ4n) is 1.35. The molecular formula is C11H7F3N2O. The zero-order valence-electron chi connectivity index (χ0n) is 8.72. The van der Waals surface area contributed by atoms with Gasteiger partial charge in [0.2, 0.25) is 5.82 Å². The normalized spacial score (nSPS) is 10.6. The Morgan fingerprint density at radius 2 is 1.88 bits per heavy atom. The van der Waals surface area contributed by atoms with E-state index in [2.05, 4.69) is 9.97 Å². The van der Waals surface area contributed by atoms with Crippen LogP contribution in [0.1, 0.15) is 5.69 Å². The fourth-order valence-corrected chi connectivity index (χ4v) is 1.35. The van der Waals surface area contributed by atoms with Crippen LogP contribution in [0.2, 0.25) is 0 Å². The Labute approximate surface area is 94.0 Å². The second-order valence-corrected chi connectivity index (χ2v) is 3.44. The van der Waals surface area contributed by atoms with Gasteiger partial charge < -0.3 is 4.98 Å². The van der Waals surface area contributed by atoms with Gasteiger partial charge in [0, 0.05) is 5.56 Å². The van der Waals surface area contributed by atoms with Crippen molar-refractivity contribution in [1.82, 2.24) is 9.97 Å². The summed E-state index contributed by atoms with van der Waals surface area (Å²) in [5.41, 5.74) is -0.880. The van der Waals surface area contributed by atoms with Crippen LogP contribution in [0.4, 0.5) is 13.2 Å². The molecule has 3 nitrogen and oxygen atoms in total. The Hall–Kier alpha value is -2.11. The van der Waals surface area contributed by atoms with Crippen molar-refractivity contribution < 1.29 is 13.2 Å². The molecule has 1 heterocycles. The summed E-state index contributed by atoms with van der Waals surface area (Å²) in [4.78, 5) is 17.1. The minimum Gasteiger partial charge on any atom is -0.304 e. The quantitative estimate of drug-likeness (QED) is 0.830. The summed E-state index contributed by atoms with van der Waals surface area (Å²) in [5.74, 6) is -3.06. The molecule has 0 aliphatic heterocycles. The monoisotopic (exact) mass is 240 g/mol. The summed E-state index contributed by atoms with van der Waals surface area (Å²) >= 11 is 0. The van der Waals surface area contributed by atoms with E-state index in [0.717, 1.165) is 12.1 Å². The molecule has 88 valence electrons. The van der Waals surface area contributed by atoms with Crippen LogP contribution in [-0.4, -0.2) is 9.97 Å². The van der Waals surface area contributed by atoms with E-state index in [9.17, 15) is 18.0 Å². The molecule has 0 amide bonds. The van der Waals surface area contributed by atoms with E-state index in [1.54, 1.807) is 0 Å². The van der Waals surface area contributed by atoms with E-state index < -0.39 is 23.0 Å². The number of H-pyrrole nitrogens is 1. The number of nitrogens with one attached hydrogen (secondary N) is 1. The molecule has 1 N–H and O–H groups in total. The lowest BCUT2D eigenvalue weighted by Gasteiger charge is -2.03. The van der Waals surface area contributed by atoms with Crippen LogP contribution in [-0.2, 0) is 0 Å². The second kappa shape index (κ2) is 4.04. The largest absolute Gasteiger partial charge is 0.304 e. The van der Waals surface area contributed by atoms with Gasteiger partial charge in [0.05, 0.1) is 5.69 Å². The first kappa shape index (κ1) is 11.4. The number of nitrogens with zero attached hydrogens (tertiary/aromatic N) is 1. The predicted octanol–water partition coefficient (Wildman–Crippen LogP) is 2.16. The average molecular weight is 240 g/mol. The highest BCUT2D eigenvalue weighted by atomic mass is 19.2. The molecule has 1 aromatic carbocycles. The van der Waals surface area contributed by atoms with Crippen LogP contribution < -0.4 is 5.56 Å². The summed E-state index contributed by atoms with van der Waals surface area (Å²) in [6.07, 6.45) is 0. The first-order valence-corrected chi connectivity index (χ1v) is 4.71. The van der Waals surface area contributed by atoms with Crippen LogP contribution in [0.5, 0.6) is 0 Å². The maximum Gasteiger partial charge on any atom is 0.287 e. The molecule has 0 saturated carbocycles. The van der Waals surface area contributed by atoms with Gasteiger partial charge in [-0.15, -0.1) is 0 Å². The van der Waals surface area contributed by atoms with E-state index >= 15 is 0 Å². The molecule has 0 spiro atoms. The van der Waals surface area contributed by atoms with Gasteiger partial charge in [-0.1, -0.05) is 0 Å². The van der Waals surface area contributed by atoms with E-state index in [-0.39, 0.29) is 17.1 Å². The highest BCUT2D eigenvalue weighted by Crippen LogP contribution is 2.17. The zero-order chi connectivity index (χ0) is 12.6. The molecule has 0 saturated heterocycles. The lowest BCUT2D eigenvalue weighted by molar-refractivity contribution is 0.509. The first-order valence-electron chi connectivity index (χ1n) is 4.71. The topological polar surface area (TPSA) is 45.8 Å². The minimum absolute atomic E-state index is 0.00667. The van der Waals surface area contributed by atoms with Crippen LogP contribution in [0.3, 0.4) is 0 Å². The van der Waals surface area contributed by atoms with E-state index in [0.29, 0.717) is 0 Å². The van der Waals surface area contributed by atoms with E-state index in [4.69, 9.17) is 0 Å². The maximum atomic E-state index is 13.0. The second-order valence-electron chi connectivity index (χ2n) is 3.44. The number of hydrogen-bond acceptors (Lipinski definition) is 2. The molecule has 2 rings (SSSR count). The highest BCUT2D eigenvalue weighted by molar-refractivity contribution is 5.54. The molecule has 1 aromatic heterocycles. The lowest BCUT2D eigenvalue weighted by atomic mass is 10.2. The van der Waals surface area contributed by atoms with Crippen molar-refractivity contribution >= 4 is 0 Å². The number of halogens is 3. The number of benzene rings is 1. The Morgan fingerprint density at radius 3 is 2.47 bits per heavy atom. The van der Waals surface area contributed by atoms with Crippen molar-refractivity contribution in [2.75, 3.05) is 0 Å². The summed E-state index contributed by atoms with van der Waals surface area (Å²) in [6.45, 7) is 1.31. The lowest BCUT2D eigenvalue weighted by Crippen LogP contribution is -2.15. The van der Waals surface area contributed by atoms with Crippen molar-refractivity contribution in [1.29, 1.82) is 0 Å². The van der Waals surface area contributed by atoms with Crippen LogP contribution >= 0.6 is 0 Å². The van der Waals surface area contributed by atoms with E-state index in [1.807, 2.05) is 0 Å². The van der Waals surface area contributed by atoms with Crippen molar-refractivity contribution in [2.45, 2.75) is 6.92 Å². The Morgan fingerprint density at radius 1 is 1.18 bits per heavy atom. The van der Waals surface area contributed by atoms with Crippen molar-refractivity contribution in [3.8, 4) is 11.4 Å². The van der Waals surface area contributed by atoms with Crippen molar-refractivity contribution in [3.63, 3.8) is 0 Å². The molecule has 6 heteroatoms. The third kappa shape index (κ3) is 2.06. The van der Waals surface area contributed by atoms with E-state index in [1.165, 1.54) is 13.0 Å². The standard InChI is InChI=1S/C11H7F3N2O/c1-5-9(14)11(17)16-10(15-5)6-2-3-7(12)8(13)4-6/h2-4H,1H3,(H,15,16,17). The summed E-state index contributed by atoms with van der Waals surface area (Å²) in [5, 5.41) is 0. The summed E-state index contributed by atoms with van der Waals surface area (Å²) in [7, 11) is 0. The molecular weight excluding hydrogens is 233 g/mol. The van der Waals surface area contributed by atoms with Crippen molar-refractivity contribution in [3.05, 3.63) is 51.7 Å². The smallest absolute Gasteiger partial charge is 0.287 e. The SMILES string of the molecule is Cc1nc(-c2ccc(F)c(F)c2)[nH]c(=O)c1F. The molecule has 17 heavy (non-hydrogen) atoms. The average Bonchev–Trinajstić information content (AvgIpc) is 2.29. The van der Waals surface area contributed by atoms with Gasteiger partial charge in [0.15, 0.2) is 11.6 Å². The van der Waals surface area contributed by atoms with Gasteiger partial charge in [-0.25, -0.2) is 13.8 Å². The minimum atomic E-state index is -1.06. The number of hydrogen-bond donors (Lipinski definition) is 1. The van der Waals surface area contributed by atoms with Gasteiger partial charge in [0.1, 0.15) is 5.82 Å². The van der Waals surface area contributed by atoms with Gasteiger partial charge in [-0.3, -0.25) is 4.79 Å². The molecule has 0 bridgehead atoms. The molecule has 0 radical (unpaired) electrons. The Kier molecular flexibility index (Phi) is 2.71. The Bertz CT molecular complexity index is 637. The Balaban J connectivity index is 2.61. The third-order valence-corrected chi connectivity index (χ3v) is 2.22. The van der Waals surface area contributed by atoms with Gasteiger partial charge in [-0.05, 0) is 25.1 Å². The van der Waals surface area contributed by atoms with Gasteiger partial charge >= 0.3 is 0 Å². The molecule has 0 aliphatic rings. The van der Waals surface area contributed by atoms with Crippen LogP contribution in [0.15, 0.2) is 23.0 Å². The molecule has 0 unspecified atom stereocenters. The molecule has 2 aromatic rings.